The van der Waals surface area contributed by atoms with Crippen molar-refractivity contribution in [3.8, 4) is 0 Å². The first kappa shape index (κ1) is 11.7. The lowest BCUT2D eigenvalue weighted by atomic mass is 10.1. The molecule has 3 heteroatoms. The minimum absolute atomic E-state index is 0.120. The predicted octanol–water partition coefficient (Wildman–Crippen LogP) is 2.29. The molecule has 0 bridgehead atoms. The molecule has 0 spiro atoms. The van der Waals surface area contributed by atoms with E-state index in [1.807, 2.05) is 0 Å². The maximum atomic E-state index is 11.4. The van der Waals surface area contributed by atoms with Gasteiger partial charge < -0.3 is 9.47 Å². The molecule has 1 fully saturated rings. The number of unbranched alkanes of at least 4 members (excludes halogenated alkanes) is 2. The zero-order valence-electron chi connectivity index (χ0n) is 8.96. The molecule has 0 aromatic rings. The highest BCUT2D eigenvalue weighted by molar-refractivity contribution is 5.78. The van der Waals surface area contributed by atoms with Crippen molar-refractivity contribution >= 4 is 5.78 Å². The van der Waals surface area contributed by atoms with Crippen molar-refractivity contribution < 1.29 is 14.3 Å². The molecule has 0 saturated carbocycles. The van der Waals surface area contributed by atoms with Gasteiger partial charge in [-0.1, -0.05) is 19.8 Å². The molecule has 14 heavy (non-hydrogen) atoms. The molecule has 0 aromatic carbocycles. The number of hydrogen-bond acceptors (Lipinski definition) is 3. The molecule has 1 aliphatic heterocycles. The molecule has 1 rings (SSSR count). The van der Waals surface area contributed by atoms with Gasteiger partial charge in [-0.2, -0.15) is 0 Å². The molecule has 1 saturated heterocycles. The Hall–Kier alpha value is -0.410. The van der Waals surface area contributed by atoms with Gasteiger partial charge in [-0.15, -0.1) is 0 Å². The number of rotatable bonds is 7. The van der Waals surface area contributed by atoms with E-state index >= 15 is 0 Å². The summed E-state index contributed by atoms with van der Waals surface area (Å²) < 4.78 is 10.5. The van der Waals surface area contributed by atoms with Crippen LogP contribution in [-0.4, -0.2) is 25.3 Å². The Balaban J connectivity index is 1.96. The van der Waals surface area contributed by atoms with Gasteiger partial charge in [0.2, 0.25) is 0 Å². The van der Waals surface area contributed by atoms with Crippen LogP contribution in [0.15, 0.2) is 0 Å². The Bertz CT molecular complexity index is 162. The number of ether oxygens (including phenoxy) is 2. The third kappa shape index (κ3) is 4.72. The van der Waals surface area contributed by atoms with E-state index < -0.39 is 0 Å². The van der Waals surface area contributed by atoms with Gasteiger partial charge in [-0.05, 0) is 6.42 Å². The van der Waals surface area contributed by atoms with Crippen LogP contribution in [0.4, 0.5) is 0 Å². The van der Waals surface area contributed by atoms with E-state index in [-0.39, 0.29) is 6.29 Å². The lowest BCUT2D eigenvalue weighted by Crippen LogP contribution is -2.10. The fourth-order valence-electron chi connectivity index (χ4n) is 1.55. The van der Waals surface area contributed by atoms with Gasteiger partial charge in [0.25, 0.3) is 0 Å². The van der Waals surface area contributed by atoms with Crippen LogP contribution in [0.25, 0.3) is 0 Å². The quantitative estimate of drug-likeness (QED) is 0.591. The van der Waals surface area contributed by atoms with Crippen LogP contribution in [0, 0.1) is 0 Å². The van der Waals surface area contributed by atoms with Crippen molar-refractivity contribution in [2.24, 2.45) is 0 Å². The molecule has 0 aromatic heterocycles. The highest BCUT2D eigenvalue weighted by atomic mass is 16.7. The zero-order valence-corrected chi connectivity index (χ0v) is 8.96. The minimum Gasteiger partial charge on any atom is -0.350 e. The third-order valence-electron chi connectivity index (χ3n) is 2.41. The van der Waals surface area contributed by atoms with E-state index in [0.29, 0.717) is 25.4 Å². The lowest BCUT2D eigenvalue weighted by molar-refractivity contribution is -0.121. The second-order valence-corrected chi connectivity index (χ2v) is 3.71. The molecule has 0 amide bonds. The number of carbonyl (C=O) groups excluding carboxylic acids is 1. The van der Waals surface area contributed by atoms with Gasteiger partial charge in [0, 0.05) is 19.3 Å². The van der Waals surface area contributed by atoms with Gasteiger partial charge in [-0.25, -0.2) is 0 Å². The molecular formula is C11H20O3. The number of Topliss-reactive ketones (excluding diaryl/α,β-unsaturated/α-hetero) is 1. The van der Waals surface area contributed by atoms with Crippen molar-refractivity contribution in [3.05, 3.63) is 0 Å². The van der Waals surface area contributed by atoms with Crippen molar-refractivity contribution in [1.29, 1.82) is 0 Å². The first-order valence-corrected chi connectivity index (χ1v) is 5.58. The first-order valence-electron chi connectivity index (χ1n) is 5.58. The molecular weight excluding hydrogens is 180 g/mol. The van der Waals surface area contributed by atoms with Crippen molar-refractivity contribution in [3.63, 3.8) is 0 Å². The largest absolute Gasteiger partial charge is 0.350 e. The summed E-state index contributed by atoms with van der Waals surface area (Å²) in [5.41, 5.74) is 0. The van der Waals surface area contributed by atoms with Crippen molar-refractivity contribution in [2.75, 3.05) is 13.2 Å². The summed E-state index contributed by atoms with van der Waals surface area (Å²) in [7, 11) is 0. The first-order chi connectivity index (χ1) is 6.83. The van der Waals surface area contributed by atoms with Crippen LogP contribution in [-0.2, 0) is 14.3 Å². The fourth-order valence-corrected chi connectivity index (χ4v) is 1.55. The third-order valence-corrected chi connectivity index (χ3v) is 2.41. The molecule has 1 heterocycles. The minimum atomic E-state index is -0.120. The van der Waals surface area contributed by atoms with Crippen molar-refractivity contribution in [2.45, 2.75) is 51.7 Å². The molecule has 0 aliphatic carbocycles. The van der Waals surface area contributed by atoms with E-state index in [1.54, 1.807) is 0 Å². The fraction of sp³-hybridized carbons (Fsp3) is 0.909. The highest BCUT2D eigenvalue weighted by Gasteiger charge is 2.16. The predicted molar refractivity (Wildman–Crippen MR) is 54.1 cm³/mol. The van der Waals surface area contributed by atoms with Gasteiger partial charge in [0.15, 0.2) is 6.29 Å². The standard InChI is InChI=1S/C11H20O3/c1-2-3-4-5-10(12)6-7-11-13-8-9-14-11/h11H,2-9H2,1H3. The molecule has 3 nitrogen and oxygen atoms in total. The lowest BCUT2D eigenvalue weighted by Gasteiger charge is -2.07. The number of ketones is 1. The molecule has 0 atom stereocenters. The van der Waals surface area contributed by atoms with Crippen molar-refractivity contribution in [1.82, 2.24) is 0 Å². The molecule has 1 aliphatic rings. The van der Waals surface area contributed by atoms with E-state index in [9.17, 15) is 4.79 Å². The van der Waals surface area contributed by atoms with Gasteiger partial charge in [0.1, 0.15) is 5.78 Å². The number of carbonyl (C=O) groups is 1. The van der Waals surface area contributed by atoms with Crippen LogP contribution < -0.4 is 0 Å². The molecule has 0 unspecified atom stereocenters. The Kier molecular flexibility index (Phi) is 5.80. The monoisotopic (exact) mass is 200 g/mol. The van der Waals surface area contributed by atoms with Crippen LogP contribution in [0.2, 0.25) is 0 Å². The van der Waals surface area contributed by atoms with Crippen LogP contribution in [0.3, 0.4) is 0 Å². The zero-order chi connectivity index (χ0) is 10.2. The normalized spacial score (nSPS) is 17.5. The number of hydrogen-bond donors (Lipinski definition) is 0. The molecule has 0 radical (unpaired) electrons. The average molecular weight is 200 g/mol. The van der Waals surface area contributed by atoms with Gasteiger partial charge in [-0.3, -0.25) is 4.79 Å². The van der Waals surface area contributed by atoms with E-state index in [1.165, 1.54) is 6.42 Å². The van der Waals surface area contributed by atoms with Crippen LogP contribution in [0.5, 0.6) is 0 Å². The van der Waals surface area contributed by atoms with E-state index in [0.717, 1.165) is 25.7 Å². The Morgan fingerprint density at radius 2 is 1.93 bits per heavy atom. The SMILES string of the molecule is CCCCCC(=O)CCC1OCCO1. The average Bonchev–Trinajstić information content (AvgIpc) is 2.68. The summed E-state index contributed by atoms with van der Waals surface area (Å²) in [6.07, 6.45) is 5.29. The summed E-state index contributed by atoms with van der Waals surface area (Å²) in [6.45, 7) is 3.49. The summed E-state index contributed by atoms with van der Waals surface area (Å²) in [5, 5.41) is 0. The molecule has 0 N–H and O–H groups in total. The van der Waals surface area contributed by atoms with Gasteiger partial charge >= 0.3 is 0 Å². The maximum absolute atomic E-state index is 11.4. The van der Waals surface area contributed by atoms with Gasteiger partial charge in [0.05, 0.1) is 13.2 Å². The Labute approximate surface area is 85.8 Å². The Morgan fingerprint density at radius 1 is 1.21 bits per heavy atom. The topological polar surface area (TPSA) is 35.5 Å². The Morgan fingerprint density at radius 3 is 2.57 bits per heavy atom. The summed E-state index contributed by atoms with van der Waals surface area (Å²) in [6, 6.07) is 0. The smallest absolute Gasteiger partial charge is 0.158 e. The van der Waals surface area contributed by atoms with Crippen LogP contribution >= 0.6 is 0 Å². The second-order valence-electron chi connectivity index (χ2n) is 3.71. The molecule has 82 valence electrons. The summed E-state index contributed by atoms with van der Waals surface area (Å²) >= 11 is 0. The summed E-state index contributed by atoms with van der Waals surface area (Å²) in [5.74, 6) is 0.345. The van der Waals surface area contributed by atoms with E-state index in [2.05, 4.69) is 6.92 Å². The highest BCUT2D eigenvalue weighted by Crippen LogP contribution is 2.12. The van der Waals surface area contributed by atoms with E-state index in [4.69, 9.17) is 9.47 Å². The second kappa shape index (κ2) is 6.96. The van der Waals surface area contributed by atoms with Crippen LogP contribution in [0.1, 0.15) is 45.4 Å². The summed E-state index contributed by atoms with van der Waals surface area (Å²) in [4.78, 5) is 11.4. The maximum Gasteiger partial charge on any atom is 0.158 e.